The molecule has 21 heavy (non-hydrogen) atoms. The first-order valence-corrected chi connectivity index (χ1v) is 6.99. The Morgan fingerprint density at radius 3 is 1.90 bits per heavy atom. The second kappa shape index (κ2) is 7.02. The van der Waals surface area contributed by atoms with E-state index in [2.05, 4.69) is 6.92 Å². The number of aryl methyl sites for hydroxylation is 1. The Morgan fingerprint density at radius 1 is 0.905 bits per heavy atom. The van der Waals surface area contributed by atoms with Crippen molar-refractivity contribution in [1.29, 1.82) is 0 Å². The maximum atomic E-state index is 13.4. The van der Waals surface area contributed by atoms with Gasteiger partial charge in [0.1, 0.15) is 17.3 Å². The highest BCUT2D eigenvalue weighted by atomic mass is 19.2. The molecule has 0 fully saturated rings. The van der Waals surface area contributed by atoms with Crippen LogP contribution in [0.5, 0.6) is 11.5 Å². The smallest absolute Gasteiger partial charge is 0.161 e. The first kappa shape index (κ1) is 15.2. The third kappa shape index (κ3) is 4.15. The molecule has 2 aromatic rings. The number of allylic oxidation sites excluding steroid dienone is 1. The van der Waals surface area contributed by atoms with Crippen molar-refractivity contribution >= 4 is 5.83 Å². The highest BCUT2D eigenvalue weighted by molar-refractivity contribution is 5.61. The molecule has 0 N–H and O–H groups in total. The molecule has 0 aliphatic carbocycles. The largest absolute Gasteiger partial charge is 0.457 e. The molecule has 3 heteroatoms. The average molecular weight is 288 g/mol. The van der Waals surface area contributed by atoms with Crippen molar-refractivity contribution < 1.29 is 13.5 Å². The van der Waals surface area contributed by atoms with Crippen molar-refractivity contribution in [2.75, 3.05) is 0 Å². The molecule has 1 nitrogen and oxygen atoms in total. The predicted molar refractivity (Wildman–Crippen MR) is 81.8 cm³/mol. The number of ether oxygens (including phenoxy) is 1. The molecular formula is C18H18F2O. The molecule has 0 saturated carbocycles. The molecule has 0 amide bonds. The molecule has 0 bridgehead atoms. The van der Waals surface area contributed by atoms with E-state index < -0.39 is 11.7 Å². The van der Waals surface area contributed by atoms with Crippen LogP contribution in [0, 0.1) is 0 Å². The van der Waals surface area contributed by atoms with E-state index in [0.717, 1.165) is 25.5 Å². The predicted octanol–water partition coefficient (Wildman–Crippen LogP) is 6.06. The zero-order valence-corrected chi connectivity index (χ0v) is 12.2. The number of benzene rings is 2. The van der Waals surface area contributed by atoms with Crippen LogP contribution in [0.2, 0.25) is 0 Å². The molecule has 2 aromatic carbocycles. The van der Waals surface area contributed by atoms with E-state index in [1.54, 1.807) is 12.1 Å². The van der Waals surface area contributed by atoms with Crippen LogP contribution in [0.25, 0.3) is 5.83 Å². The fraction of sp³-hybridized carbons (Fsp3) is 0.222. The van der Waals surface area contributed by atoms with Gasteiger partial charge in [-0.3, -0.25) is 0 Å². The van der Waals surface area contributed by atoms with Crippen LogP contribution in [0.1, 0.15) is 31.4 Å². The minimum atomic E-state index is -0.842. The van der Waals surface area contributed by atoms with E-state index in [-0.39, 0.29) is 5.56 Å². The Labute approximate surface area is 123 Å². The summed E-state index contributed by atoms with van der Waals surface area (Å²) in [5.41, 5.74) is 1.48. The molecule has 0 unspecified atom stereocenters. The topological polar surface area (TPSA) is 9.23 Å². The number of hydrogen-bond donors (Lipinski definition) is 0. The minimum Gasteiger partial charge on any atom is -0.457 e. The maximum Gasteiger partial charge on any atom is 0.161 e. The van der Waals surface area contributed by atoms with Gasteiger partial charge >= 0.3 is 0 Å². The quantitative estimate of drug-likeness (QED) is 0.650. The molecule has 0 saturated heterocycles. The molecule has 0 spiro atoms. The molecule has 0 radical (unpaired) electrons. The van der Waals surface area contributed by atoms with Crippen molar-refractivity contribution in [3.05, 3.63) is 65.5 Å². The van der Waals surface area contributed by atoms with Gasteiger partial charge in [-0.25, -0.2) is 8.78 Å². The van der Waals surface area contributed by atoms with Crippen molar-refractivity contribution in [3.63, 3.8) is 0 Å². The lowest BCUT2D eigenvalue weighted by Gasteiger charge is -2.07. The summed E-state index contributed by atoms with van der Waals surface area (Å²) in [6.07, 6.45) is 2.15. The lowest BCUT2D eigenvalue weighted by atomic mass is 10.1. The lowest BCUT2D eigenvalue weighted by Crippen LogP contribution is -1.87. The van der Waals surface area contributed by atoms with Crippen molar-refractivity contribution in [3.8, 4) is 11.5 Å². The van der Waals surface area contributed by atoms with Crippen LogP contribution in [-0.4, -0.2) is 0 Å². The SMILES string of the molecule is CCCc1ccc(Oc2ccc(/C(F)=C(/C)F)cc2)cc1. The van der Waals surface area contributed by atoms with Gasteiger partial charge in [-0.2, -0.15) is 0 Å². The van der Waals surface area contributed by atoms with Crippen LogP contribution >= 0.6 is 0 Å². The zero-order chi connectivity index (χ0) is 15.2. The molecule has 0 aromatic heterocycles. The molecule has 0 atom stereocenters. The lowest BCUT2D eigenvalue weighted by molar-refractivity contribution is 0.482. The summed E-state index contributed by atoms with van der Waals surface area (Å²) in [5.74, 6) is -0.354. The maximum absolute atomic E-state index is 13.4. The third-order valence-corrected chi connectivity index (χ3v) is 3.11. The molecule has 2 rings (SSSR count). The molecule has 0 aliphatic heterocycles. The van der Waals surface area contributed by atoms with Gasteiger partial charge in [0.25, 0.3) is 0 Å². The summed E-state index contributed by atoms with van der Waals surface area (Å²) in [5, 5.41) is 0. The molecule has 0 aliphatic rings. The summed E-state index contributed by atoms with van der Waals surface area (Å²) in [7, 11) is 0. The van der Waals surface area contributed by atoms with Crippen molar-refractivity contribution in [1.82, 2.24) is 0 Å². The van der Waals surface area contributed by atoms with Crippen molar-refractivity contribution in [2.24, 2.45) is 0 Å². The zero-order valence-electron chi connectivity index (χ0n) is 12.2. The number of halogens is 2. The molecule has 110 valence electrons. The van der Waals surface area contributed by atoms with Crippen LogP contribution < -0.4 is 4.74 Å². The molecule has 0 heterocycles. The van der Waals surface area contributed by atoms with Gasteiger partial charge in [-0.1, -0.05) is 25.5 Å². The van der Waals surface area contributed by atoms with Crippen LogP contribution in [-0.2, 0) is 6.42 Å². The Morgan fingerprint density at radius 2 is 1.43 bits per heavy atom. The second-order valence-corrected chi connectivity index (χ2v) is 4.87. The van der Waals surface area contributed by atoms with Crippen molar-refractivity contribution in [2.45, 2.75) is 26.7 Å². The Bertz CT molecular complexity index is 609. The van der Waals surface area contributed by atoms with Crippen LogP contribution in [0.4, 0.5) is 8.78 Å². The van der Waals surface area contributed by atoms with Gasteiger partial charge in [-0.05, 0) is 55.3 Å². The summed E-state index contributed by atoms with van der Waals surface area (Å²) in [6.45, 7) is 3.23. The van der Waals surface area contributed by atoms with Gasteiger partial charge < -0.3 is 4.74 Å². The van der Waals surface area contributed by atoms with E-state index in [1.165, 1.54) is 17.7 Å². The summed E-state index contributed by atoms with van der Waals surface area (Å²) >= 11 is 0. The number of rotatable bonds is 5. The summed E-state index contributed by atoms with van der Waals surface area (Å²) in [6, 6.07) is 14.1. The minimum absolute atomic E-state index is 0.209. The standard InChI is InChI=1S/C18H18F2O/c1-3-4-14-5-9-16(10-6-14)21-17-11-7-15(8-12-17)18(20)13(2)19/h5-12H,3-4H2,1-2H3/b18-13+. The first-order valence-electron chi connectivity index (χ1n) is 6.99. The monoisotopic (exact) mass is 288 g/mol. The van der Waals surface area contributed by atoms with Gasteiger partial charge in [0.05, 0.1) is 0 Å². The number of hydrogen-bond acceptors (Lipinski definition) is 1. The Balaban J connectivity index is 2.08. The third-order valence-electron chi connectivity index (χ3n) is 3.11. The summed E-state index contributed by atoms with van der Waals surface area (Å²) in [4.78, 5) is 0. The fourth-order valence-electron chi connectivity index (χ4n) is 2.02. The van der Waals surface area contributed by atoms with E-state index >= 15 is 0 Å². The van der Waals surface area contributed by atoms with Gasteiger partial charge in [-0.15, -0.1) is 0 Å². The van der Waals surface area contributed by atoms with Gasteiger partial charge in [0.2, 0.25) is 0 Å². The highest BCUT2D eigenvalue weighted by Gasteiger charge is 2.05. The van der Waals surface area contributed by atoms with Crippen LogP contribution in [0.3, 0.4) is 0 Å². The fourth-order valence-corrected chi connectivity index (χ4v) is 2.02. The van der Waals surface area contributed by atoms with Gasteiger partial charge in [0, 0.05) is 5.56 Å². The van der Waals surface area contributed by atoms with Gasteiger partial charge in [0.15, 0.2) is 5.83 Å². The molecular weight excluding hydrogens is 270 g/mol. The van der Waals surface area contributed by atoms with E-state index in [1.807, 2.05) is 24.3 Å². The second-order valence-electron chi connectivity index (χ2n) is 4.87. The summed E-state index contributed by atoms with van der Waals surface area (Å²) < 4.78 is 31.9. The first-order chi connectivity index (χ1) is 10.1. The average Bonchev–Trinajstić information content (AvgIpc) is 2.49. The van der Waals surface area contributed by atoms with E-state index in [4.69, 9.17) is 4.74 Å². The highest BCUT2D eigenvalue weighted by Crippen LogP contribution is 2.26. The Hall–Kier alpha value is -2.16. The normalized spacial score (nSPS) is 12.0. The Kier molecular flexibility index (Phi) is 5.09. The van der Waals surface area contributed by atoms with E-state index in [0.29, 0.717) is 5.75 Å². The van der Waals surface area contributed by atoms with Crippen LogP contribution in [0.15, 0.2) is 54.4 Å². The van der Waals surface area contributed by atoms with E-state index in [9.17, 15) is 8.78 Å².